The molecule has 0 unspecified atom stereocenters. The van der Waals surface area contributed by atoms with E-state index in [-0.39, 0.29) is 18.4 Å². The molecule has 0 aromatic heterocycles. The molecular weight excluding hydrogens is 172 g/mol. The summed E-state index contributed by atoms with van der Waals surface area (Å²) in [6.07, 6.45) is 4.00. The van der Waals surface area contributed by atoms with Crippen LogP contribution in [0.15, 0.2) is 0 Å². The van der Waals surface area contributed by atoms with Crippen LogP contribution in [0.5, 0.6) is 0 Å². The van der Waals surface area contributed by atoms with Crippen LogP contribution >= 0.6 is 11.8 Å². The Bertz CT molecular complexity index is 206. The Kier molecular flexibility index (Phi) is 3.42. The van der Waals surface area contributed by atoms with E-state index in [1.54, 1.807) is 0 Å². The Morgan fingerprint density at radius 3 is 2.92 bits per heavy atom. The Balaban J connectivity index is 2.16. The molecular formula is C8H12N2OS. The third-order valence-electron chi connectivity index (χ3n) is 2.14. The lowest BCUT2D eigenvalue weighted by Gasteiger charge is -2.32. The molecule has 1 aliphatic carbocycles. The van der Waals surface area contributed by atoms with E-state index in [9.17, 15) is 4.79 Å². The van der Waals surface area contributed by atoms with Gasteiger partial charge in [-0.3, -0.25) is 4.79 Å². The van der Waals surface area contributed by atoms with Gasteiger partial charge in [0.2, 0.25) is 5.91 Å². The average Bonchev–Trinajstić information content (AvgIpc) is 1.99. The zero-order valence-electron chi connectivity index (χ0n) is 7.04. The summed E-state index contributed by atoms with van der Waals surface area (Å²) in [5, 5.41) is 11.4. The summed E-state index contributed by atoms with van der Waals surface area (Å²) in [7, 11) is 0. The minimum atomic E-state index is 0.0434. The first-order chi connectivity index (χ1) is 5.77. The molecule has 1 rings (SSSR count). The molecule has 0 radical (unpaired) electrons. The van der Waals surface area contributed by atoms with Crippen molar-refractivity contribution >= 4 is 17.7 Å². The summed E-state index contributed by atoms with van der Waals surface area (Å²) in [4.78, 5) is 11.2. The highest BCUT2D eigenvalue weighted by Gasteiger charge is 2.33. The monoisotopic (exact) mass is 184 g/mol. The van der Waals surface area contributed by atoms with E-state index in [4.69, 9.17) is 5.26 Å². The van der Waals surface area contributed by atoms with Crippen LogP contribution in [0.2, 0.25) is 0 Å². The van der Waals surface area contributed by atoms with Crippen molar-refractivity contribution in [1.82, 2.24) is 5.32 Å². The quantitative estimate of drug-likeness (QED) is 0.659. The molecule has 0 saturated heterocycles. The van der Waals surface area contributed by atoms with E-state index in [0.29, 0.717) is 5.25 Å². The second-order valence-corrected chi connectivity index (χ2v) is 4.04. The molecule has 0 bridgehead atoms. The maximum Gasteiger partial charge on any atom is 0.224 e. The highest BCUT2D eigenvalue weighted by molar-refractivity contribution is 7.99. The summed E-state index contributed by atoms with van der Waals surface area (Å²) in [5.74, 6) is 0.206. The van der Waals surface area contributed by atoms with E-state index >= 15 is 0 Å². The van der Waals surface area contributed by atoms with Crippen molar-refractivity contribution < 1.29 is 4.79 Å². The lowest BCUT2D eigenvalue weighted by molar-refractivity contribution is -0.126. The highest BCUT2D eigenvalue weighted by atomic mass is 32.2. The Morgan fingerprint density at radius 1 is 1.75 bits per heavy atom. The van der Waals surface area contributed by atoms with Crippen LogP contribution in [-0.2, 0) is 4.79 Å². The molecule has 0 aromatic rings. The van der Waals surface area contributed by atoms with Crippen molar-refractivity contribution in [3.8, 4) is 6.07 Å². The molecule has 1 aliphatic rings. The topological polar surface area (TPSA) is 52.9 Å². The van der Waals surface area contributed by atoms with Crippen molar-refractivity contribution in [1.29, 1.82) is 5.26 Å². The zero-order valence-corrected chi connectivity index (χ0v) is 7.86. The van der Waals surface area contributed by atoms with Crippen LogP contribution in [0.25, 0.3) is 0 Å². The van der Waals surface area contributed by atoms with Gasteiger partial charge < -0.3 is 5.32 Å². The number of nitrogens with one attached hydrogen (secondary N) is 1. The van der Waals surface area contributed by atoms with Gasteiger partial charge in [-0.15, -0.1) is 0 Å². The van der Waals surface area contributed by atoms with Crippen LogP contribution in [0.3, 0.4) is 0 Å². The first-order valence-electron chi connectivity index (χ1n) is 3.95. The van der Waals surface area contributed by atoms with Crippen molar-refractivity contribution in [3.05, 3.63) is 0 Å². The summed E-state index contributed by atoms with van der Waals surface area (Å²) < 4.78 is 0. The van der Waals surface area contributed by atoms with Gasteiger partial charge in [0.15, 0.2) is 0 Å². The highest BCUT2D eigenvalue weighted by Crippen LogP contribution is 2.35. The van der Waals surface area contributed by atoms with Crippen molar-refractivity contribution in [2.45, 2.75) is 18.1 Å². The Hall–Kier alpha value is -0.690. The fourth-order valence-corrected chi connectivity index (χ4v) is 2.09. The molecule has 1 fully saturated rings. The fourth-order valence-electron chi connectivity index (χ4n) is 1.24. The molecule has 12 heavy (non-hydrogen) atoms. The van der Waals surface area contributed by atoms with Gasteiger partial charge in [0.25, 0.3) is 0 Å². The average molecular weight is 184 g/mol. The second-order valence-electron chi connectivity index (χ2n) is 2.90. The molecule has 0 spiro atoms. The SMILES string of the molecule is CSC1CC(C(=O)NCC#N)C1. The molecule has 0 aliphatic heterocycles. The normalized spacial score (nSPS) is 27.0. The summed E-state index contributed by atoms with van der Waals surface area (Å²) in [6.45, 7) is 0.138. The van der Waals surface area contributed by atoms with Gasteiger partial charge >= 0.3 is 0 Å². The second kappa shape index (κ2) is 4.36. The Morgan fingerprint density at radius 2 is 2.42 bits per heavy atom. The molecule has 1 saturated carbocycles. The van der Waals surface area contributed by atoms with Gasteiger partial charge in [-0.25, -0.2) is 0 Å². The number of nitrogens with zero attached hydrogens (tertiary/aromatic N) is 1. The number of carbonyl (C=O) groups excluding carboxylic acids is 1. The van der Waals surface area contributed by atoms with Gasteiger partial charge in [-0.05, 0) is 19.1 Å². The van der Waals surface area contributed by atoms with Gasteiger partial charge in [0.05, 0.1) is 6.07 Å². The number of thioether (sulfide) groups is 1. The van der Waals surface area contributed by atoms with Crippen molar-refractivity contribution in [3.63, 3.8) is 0 Å². The van der Waals surface area contributed by atoms with Crippen LogP contribution < -0.4 is 5.32 Å². The maximum atomic E-state index is 11.2. The summed E-state index contributed by atoms with van der Waals surface area (Å²) in [5.41, 5.74) is 0. The van der Waals surface area contributed by atoms with Crippen molar-refractivity contribution in [2.24, 2.45) is 5.92 Å². The fraction of sp³-hybridized carbons (Fsp3) is 0.750. The van der Waals surface area contributed by atoms with E-state index in [0.717, 1.165) is 12.8 Å². The van der Waals surface area contributed by atoms with Gasteiger partial charge in [-0.2, -0.15) is 17.0 Å². The third kappa shape index (κ3) is 2.15. The number of hydrogen-bond acceptors (Lipinski definition) is 3. The van der Waals surface area contributed by atoms with E-state index in [1.807, 2.05) is 17.8 Å². The molecule has 66 valence electrons. The van der Waals surface area contributed by atoms with Gasteiger partial charge in [0.1, 0.15) is 6.54 Å². The van der Waals surface area contributed by atoms with Crippen LogP contribution in [0.1, 0.15) is 12.8 Å². The molecule has 1 amide bonds. The van der Waals surface area contributed by atoms with Crippen LogP contribution in [0, 0.1) is 17.2 Å². The van der Waals surface area contributed by atoms with Crippen molar-refractivity contribution in [2.75, 3.05) is 12.8 Å². The maximum absolute atomic E-state index is 11.2. The number of hydrogen-bond donors (Lipinski definition) is 1. The van der Waals surface area contributed by atoms with Crippen LogP contribution in [-0.4, -0.2) is 24.0 Å². The zero-order chi connectivity index (χ0) is 8.97. The molecule has 1 N–H and O–H groups in total. The molecule has 0 atom stereocenters. The standard InChI is InChI=1S/C8H12N2OS/c1-12-7-4-6(5-7)8(11)10-3-2-9/h6-7H,3-5H2,1H3,(H,10,11). The largest absolute Gasteiger partial charge is 0.343 e. The molecule has 0 aromatic carbocycles. The lowest BCUT2D eigenvalue weighted by Crippen LogP contribution is -2.40. The third-order valence-corrected chi connectivity index (χ3v) is 3.19. The summed E-state index contributed by atoms with van der Waals surface area (Å²) in [6, 6.07) is 1.89. The van der Waals surface area contributed by atoms with Crippen LogP contribution in [0.4, 0.5) is 0 Å². The predicted molar refractivity (Wildman–Crippen MR) is 48.6 cm³/mol. The smallest absolute Gasteiger partial charge is 0.224 e. The molecule has 3 nitrogen and oxygen atoms in total. The predicted octanol–water partition coefficient (Wildman–Crippen LogP) is 0.768. The number of amides is 1. The summed E-state index contributed by atoms with van der Waals surface area (Å²) >= 11 is 1.81. The number of rotatable bonds is 3. The molecule has 4 heteroatoms. The minimum Gasteiger partial charge on any atom is -0.343 e. The Labute approximate surface area is 76.5 Å². The van der Waals surface area contributed by atoms with E-state index in [1.165, 1.54) is 0 Å². The van der Waals surface area contributed by atoms with Gasteiger partial charge in [-0.1, -0.05) is 0 Å². The van der Waals surface area contributed by atoms with E-state index < -0.39 is 0 Å². The lowest BCUT2D eigenvalue weighted by atomic mass is 9.84. The van der Waals surface area contributed by atoms with E-state index in [2.05, 4.69) is 11.6 Å². The number of carbonyl (C=O) groups is 1. The first-order valence-corrected chi connectivity index (χ1v) is 5.24. The minimum absolute atomic E-state index is 0.0434. The first kappa shape index (κ1) is 9.40. The molecule has 0 heterocycles. The van der Waals surface area contributed by atoms with Gasteiger partial charge in [0, 0.05) is 11.2 Å². The number of nitriles is 1.